The zero-order valence-electron chi connectivity index (χ0n) is 18.3. The van der Waals surface area contributed by atoms with E-state index in [1.165, 1.54) is 33.4 Å². The summed E-state index contributed by atoms with van der Waals surface area (Å²) in [6.07, 6.45) is 7.89. The largest absolute Gasteiger partial charge is 0.496 e. The summed E-state index contributed by atoms with van der Waals surface area (Å²) in [5, 5.41) is 5.18. The highest BCUT2D eigenvalue weighted by Crippen LogP contribution is 2.52. The third kappa shape index (κ3) is 3.55. The van der Waals surface area contributed by atoms with Gasteiger partial charge in [0.2, 0.25) is 0 Å². The first-order valence-corrected chi connectivity index (χ1v) is 11.5. The highest BCUT2D eigenvalue weighted by molar-refractivity contribution is 6.34. The lowest BCUT2D eigenvalue weighted by molar-refractivity contribution is 0.350. The molecule has 1 N–H and O–H groups in total. The molecule has 2 aromatic rings. The summed E-state index contributed by atoms with van der Waals surface area (Å²) < 4.78 is 5.80. The summed E-state index contributed by atoms with van der Waals surface area (Å²) in [5.74, 6) is 1.42. The van der Waals surface area contributed by atoms with Gasteiger partial charge in [-0.25, -0.2) is 0 Å². The Morgan fingerprint density at radius 2 is 1.84 bits per heavy atom. The van der Waals surface area contributed by atoms with Gasteiger partial charge in [0.1, 0.15) is 5.75 Å². The number of allylic oxidation sites excluding steroid dienone is 2. The molecule has 0 saturated heterocycles. The highest BCUT2D eigenvalue weighted by atomic mass is 35.5. The molecule has 0 amide bonds. The van der Waals surface area contributed by atoms with E-state index in [0.29, 0.717) is 10.0 Å². The van der Waals surface area contributed by atoms with Crippen molar-refractivity contribution in [3.05, 3.63) is 92.5 Å². The Morgan fingerprint density at radius 1 is 1.10 bits per heavy atom. The van der Waals surface area contributed by atoms with Crippen LogP contribution in [0.15, 0.2) is 65.8 Å². The van der Waals surface area contributed by atoms with Crippen LogP contribution in [0.5, 0.6) is 5.75 Å². The molecule has 160 valence electrons. The van der Waals surface area contributed by atoms with Crippen molar-refractivity contribution < 1.29 is 4.74 Å². The van der Waals surface area contributed by atoms with Crippen molar-refractivity contribution >= 4 is 28.8 Å². The molecule has 31 heavy (non-hydrogen) atoms. The van der Waals surface area contributed by atoms with Crippen LogP contribution in [0.1, 0.15) is 43.4 Å². The monoisotopic (exact) mass is 451 g/mol. The molecular formula is C27H27Cl2NO. The van der Waals surface area contributed by atoms with Gasteiger partial charge in [-0.3, -0.25) is 0 Å². The van der Waals surface area contributed by atoms with E-state index in [9.17, 15) is 0 Å². The molecule has 1 aliphatic heterocycles. The summed E-state index contributed by atoms with van der Waals surface area (Å²) in [4.78, 5) is 0. The first-order chi connectivity index (χ1) is 14.8. The molecule has 0 spiro atoms. The minimum absolute atomic E-state index is 0.0349. The van der Waals surface area contributed by atoms with E-state index in [-0.39, 0.29) is 23.4 Å². The summed E-state index contributed by atoms with van der Waals surface area (Å²) in [6, 6.07) is 12.6. The first-order valence-electron chi connectivity index (χ1n) is 10.8. The van der Waals surface area contributed by atoms with Crippen LogP contribution in [-0.2, 0) is 6.42 Å². The standard InChI is InChI=1S/C27H27Cl2NO/c1-15-14-27(2,3)30-22-9-8-20-25-16(6-5-7-23(25)31-4)12-21(26(20)24(15)22)17-10-18(28)13-19(29)11-17/h5-11,13-14,21-22,24,30H,12H2,1-4H3. The van der Waals surface area contributed by atoms with E-state index < -0.39 is 0 Å². The van der Waals surface area contributed by atoms with Crippen molar-refractivity contribution in [1.82, 2.24) is 5.32 Å². The minimum atomic E-state index is -0.0349. The van der Waals surface area contributed by atoms with E-state index >= 15 is 0 Å². The molecule has 2 aliphatic carbocycles. The van der Waals surface area contributed by atoms with Crippen molar-refractivity contribution in [2.45, 2.75) is 44.7 Å². The fourth-order valence-corrected chi connectivity index (χ4v) is 6.36. The lowest BCUT2D eigenvalue weighted by Gasteiger charge is -2.46. The third-order valence-electron chi connectivity index (χ3n) is 6.78. The van der Waals surface area contributed by atoms with Crippen LogP contribution in [-0.4, -0.2) is 18.7 Å². The van der Waals surface area contributed by atoms with Gasteiger partial charge in [-0.05, 0) is 73.7 Å². The van der Waals surface area contributed by atoms with Gasteiger partial charge in [-0.15, -0.1) is 0 Å². The summed E-state index contributed by atoms with van der Waals surface area (Å²) in [5.41, 5.74) is 7.76. The molecule has 2 nitrogen and oxygen atoms in total. The Kier molecular flexibility index (Phi) is 5.08. The number of nitrogens with one attached hydrogen (secondary N) is 1. The van der Waals surface area contributed by atoms with Crippen LogP contribution in [0.2, 0.25) is 10.0 Å². The molecule has 2 aromatic carbocycles. The van der Waals surface area contributed by atoms with Gasteiger partial charge in [0.25, 0.3) is 0 Å². The van der Waals surface area contributed by atoms with Gasteiger partial charge in [-0.1, -0.05) is 59.1 Å². The average Bonchev–Trinajstić information content (AvgIpc) is 2.70. The summed E-state index contributed by atoms with van der Waals surface area (Å²) >= 11 is 12.9. The van der Waals surface area contributed by atoms with Gasteiger partial charge >= 0.3 is 0 Å². The van der Waals surface area contributed by atoms with E-state index in [2.05, 4.69) is 74.6 Å². The molecule has 4 heteroatoms. The van der Waals surface area contributed by atoms with E-state index in [1.807, 2.05) is 0 Å². The molecule has 1 heterocycles. The maximum absolute atomic E-state index is 6.44. The second-order valence-corrected chi connectivity index (χ2v) is 10.3. The molecule has 0 radical (unpaired) electrons. The Bertz CT molecular complexity index is 1140. The van der Waals surface area contributed by atoms with Crippen LogP contribution in [0.4, 0.5) is 0 Å². The number of hydrogen-bond acceptors (Lipinski definition) is 2. The van der Waals surface area contributed by atoms with Crippen LogP contribution in [0.3, 0.4) is 0 Å². The first kappa shape index (κ1) is 20.9. The molecule has 0 saturated carbocycles. The smallest absolute Gasteiger partial charge is 0.126 e. The predicted octanol–water partition coefficient (Wildman–Crippen LogP) is 6.98. The zero-order chi connectivity index (χ0) is 21.9. The maximum Gasteiger partial charge on any atom is 0.126 e. The normalized spacial score (nSPS) is 26.0. The number of ether oxygens (including phenoxy) is 1. The molecule has 0 fully saturated rings. The number of fused-ring (bicyclic) bond motifs is 4. The fourth-order valence-electron chi connectivity index (χ4n) is 5.82. The molecule has 5 rings (SSSR count). The maximum atomic E-state index is 6.44. The number of halogens is 2. The predicted molar refractivity (Wildman–Crippen MR) is 130 cm³/mol. The summed E-state index contributed by atoms with van der Waals surface area (Å²) in [7, 11) is 1.75. The average molecular weight is 452 g/mol. The molecule has 3 aliphatic rings. The Hall–Kier alpha value is -2.00. The SMILES string of the molecule is COc1cccc2c1C1=C(C(c3cc(Cl)cc(Cl)c3)C2)C2C(C)=CC(C)(C)NC2C=C1. The number of methoxy groups -OCH3 is 1. The Morgan fingerprint density at radius 3 is 2.55 bits per heavy atom. The van der Waals surface area contributed by atoms with E-state index in [0.717, 1.165) is 12.2 Å². The second kappa shape index (κ2) is 7.55. The lowest BCUT2D eigenvalue weighted by Crippen LogP contribution is -2.53. The quantitative estimate of drug-likeness (QED) is 0.497. The van der Waals surface area contributed by atoms with E-state index in [4.69, 9.17) is 27.9 Å². The lowest BCUT2D eigenvalue weighted by atomic mass is 9.64. The van der Waals surface area contributed by atoms with Gasteiger partial charge in [0, 0.05) is 39.0 Å². The van der Waals surface area contributed by atoms with Crippen LogP contribution in [0.25, 0.3) is 5.57 Å². The number of hydrogen-bond donors (Lipinski definition) is 1. The van der Waals surface area contributed by atoms with Gasteiger partial charge in [-0.2, -0.15) is 0 Å². The van der Waals surface area contributed by atoms with Crippen LogP contribution in [0, 0.1) is 5.92 Å². The Labute approximate surface area is 194 Å². The molecule has 0 bridgehead atoms. The zero-order valence-corrected chi connectivity index (χ0v) is 19.8. The second-order valence-electron chi connectivity index (χ2n) is 9.44. The molecular weight excluding hydrogens is 425 g/mol. The van der Waals surface area contributed by atoms with Crippen molar-refractivity contribution in [2.75, 3.05) is 7.11 Å². The highest BCUT2D eigenvalue weighted by Gasteiger charge is 2.42. The molecule has 0 aromatic heterocycles. The van der Waals surface area contributed by atoms with E-state index in [1.54, 1.807) is 13.2 Å². The fraction of sp³-hybridized carbons (Fsp3) is 0.333. The van der Waals surface area contributed by atoms with Crippen LogP contribution < -0.4 is 10.1 Å². The van der Waals surface area contributed by atoms with Gasteiger partial charge < -0.3 is 10.1 Å². The number of rotatable bonds is 2. The van der Waals surface area contributed by atoms with Gasteiger partial charge in [0.15, 0.2) is 0 Å². The number of benzene rings is 2. The van der Waals surface area contributed by atoms with Crippen LogP contribution >= 0.6 is 23.2 Å². The summed E-state index contributed by atoms with van der Waals surface area (Å²) in [6.45, 7) is 6.74. The van der Waals surface area contributed by atoms with Gasteiger partial charge in [0.05, 0.1) is 7.11 Å². The third-order valence-corrected chi connectivity index (χ3v) is 7.22. The van der Waals surface area contributed by atoms with Crippen molar-refractivity contribution in [2.24, 2.45) is 5.92 Å². The van der Waals surface area contributed by atoms with Crippen molar-refractivity contribution in [1.29, 1.82) is 0 Å². The molecule has 3 unspecified atom stereocenters. The minimum Gasteiger partial charge on any atom is -0.496 e. The molecule has 3 atom stereocenters. The van der Waals surface area contributed by atoms with Crippen molar-refractivity contribution in [3.8, 4) is 5.75 Å². The Balaban J connectivity index is 1.77. The topological polar surface area (TPSA) is 21.3 Å². The van der Waals surface area contributed by atoms with Crippen molar-refractivity contribution in [3.63, 3.8) is 0 Å².